The molecule has 1 N–H and O–H groups in total. The molecule has 0 amide bonds. The van der Waals surface area contributed by atoms with Crippen LogP contribution in [0.15, 0.2) is 36.8 Å². The number of aliphatic hydroxyl groups is 1. The van der Waals surface area contributed by atoms with Crippen LogP contribution < -0.4 is 4.74 Å². The fraction of sp³-hybridized carbons (Fsp3) is 0.375. The second-order valence-corrected chi connectivity index (χ2v) is 5.82. The molecule has 3 rings (SSSR count). The average molecular weight is 320 g/mol. The van der Waals surface area contributed by atoms with E-state index in [0.29, 0.717) is 17.4 Å². The van der Waals surface area contributed by atoms with Gasteiger partial charge in [-0.3, -0.25) is 4.90 Å². The van der Waals surface area contributed by atoms with Gasteiger partial charge in [0.1, 0.15) is 6.33 Å². The summed E-state index contributed by atoms with van der Waals surface area (Å²) in [6, 6.07) is 7.58. The van der Waals surface area contributed by atoms with Gasteiger partial charge in [-0.15, -0.1) is 0 Å². The SMILES string of the molecule is COc1ncncc1CN1CC[C@@H](O)[C@H]1c1ccc(Cl)cc1. The van der Waals surface area contributed by atoms with Crippen molar-refractivity contribution in [1.82, 2.24) is 14.9 Å². The Labute approximate surface area is 134 Å². The molecule has 22 heavy (non-hydrogen) atoms. The predicted molar refractivity (Wildman–Crippen MR) is 83.8 cm³/mol. The minimum Gasteiger partial charge on any atom is -0.481 e. The molecule has 2 atom stereocenters. The van der Waals surface area contributed by atoms with Crippen molar-refractivity contribution in [2.24, 2.45) is 0 Å². The third-order valence-corrected chi connectivity index (χ3v) is 4.25. The fourth-order valence-electron chi connectivity index (χ4n) is 2.97. The van der Waals surface area contributed by atoms with Crippen LogP contribution in [0.1, 0.15) is 23.6 Å². The summed E-state index contributed by atoms with van der Waals surface area (Å²) in [5.74, 6) is 0.575. The summed E-state index contributed by atoms with van der Waals surface area (Å²) >= 11 is 5.95. The summed E-state index contributed by atoms with van der Waals surface area (Å²) in [7, 11) is 1.60. The van der Waals surface area contributed by atoms with Gasteiger partial charge in [0.25, 0.3) is 0 Å². The zero-order valence-corrected chi connectivity index (χ0v) is 13.1. The molecule has 0 spiro atoms. The molecular formula is C16H18ClN3O2. The van der Waals surface area contributed by atoms with Gasteiger partial charge in [0, 0.05) is 29.9 Å². The quantitative estimate of drug-likeness (QED) is 0.938. The first-order chi connectivity index (χ1) is 10.7. The zero-order valence-electron chi connectivity index (χ0n) is 12.3. The second-order valence-electron chi connectivity index (χ2n) is 5.38. The van der Waals surface area contributed by atoms with Crippen LogP contribution in [0.25, 0.3) is 0 Å². The maximum Gasteiger partial charge on any atom is 0.220 e. The number of aromatic nitrogens is 2. The summed E-state index contributed by atoms with van der Waals surface area (Å²) in [5, 5.41) is 11.0. The van der Waals surface area contributed by atoms with Gasteiger partial charge >= 0.3 is 0 Å². The number of aliphatic hydroxyl groups excluding tert-OH is 1. The Balaban J connectivity index is 1.84. The van der Waals surface area contributed by atoms with E-state index in [2.05, 4.69) is 14.9 Å². The summed E-state index contributed by atoms with van der Waals surface area (Å²) < 4.78 is 5.28. The highest BCUT2D eigenvalue weighted by Gasteiger charge is 2.34. The lowest BCUT2D eigenvalue weighted by molar-refractivity contribution is 0.112. The molecule has 2 heterocycles. The average Bonchev–Trinajstić information content (AvgIpc) is 2.89. The van der Waals surface area contributed by atoms with Crippen LogP contribution in [0.4, 0.5) is 0 Å². The molecule has 5 nitrogen and oxygen atoms in total. The van der Waals surface area contributed by atoms with Crippen molar-refractivity contribution >= 4 is 11.6 Å². The third-order valence-electron chi connectivity index (χ3n) is 3.99. The normalized spacial score (nSPS) is 22.0. The highest BCUT2D eigenvalue weighted by Crippen LogP contribution is 2.34. The zero-order chi connectivity index (χ0) is 15.5. The number of nitrogens with zero attached hydrogens (tertiary/aromatic N) is 3. The van der Waals surface area contributed by atoms with Crippen LogP contribution in [0.5, 0.6) is 5.88 Å². The van der Waals surface area contributed by atoms with Crippen LogP contribution in [0, 0.1) is 0 Å². The molecule has 1 saturated heterocycles. The van der Waals surface area contributed by atoms with Crippen molar-refractivity contribution in [1.29, 1.82) is 0 Å². The molecule has 0 radical (unpaired) electrons. The van der Waals surface area contributed by atoms with Gasteiger partial charge in [-0.05, 0) is 24.1 Å². The van der Waals surface area contributed by atoms with Gasteiger partial charge in [0.2, 0.25) is 5.88 Å². The van der Waals surface area contributed by atoms with E-state index in [4.69, 9.17) is 16.3 Å². The van der Waals surface area contributed by atoms with Crippen molar-refractivity contribution in [3.05, 3.63) is 52.9 Å². The fourth-order valence-corrected chi connectivity index (χ4v) is 3.09. The molecule has 6 heteroatoms. The number of hydrogen-bond acceptors (Lipinski definition) is 5. The van der Waals surface area contributed by atoms with Gasteiger partial charge in [0.05, 0.1) is 19.3 Å². The van der Waals surface area contributed by atoms with E-state index >= 15 is 0 Å². The van der Waals surface area contributed by atoms with Crippen LogP contribution in [-0.2, 0) is 6.54 Å². The van der Waals surface area contributed by atoms with E-state index in [9.17, 15) is 5.11 Å². The standard InChI is InChI=1S/C16H18ClN3O2/c1-22-16-12(8-18-10-19-16)9-20-7-6-14(21)15(20)11-2-4-13(17)5-3-11/h2-5,8,10,14-15,21H,6-7,9H2,1H3/t14-,15-/m1/s1. The summed E-state index contributed by atoms with van der Waals surface area (Å²) in [5.41, 5.74) is 1.98. The first-order valence-corrected chi connectivity index (χ1v) is 7.57. The largest absolute Gasteiger partial charge is 0.481 e. The van der Waals surface area contributed by atoms with E-state index in [0.717, 1.165) is 24.1 Å². The monoisotopic (exact) mass is 319 g/mol. The molecule has 0 aliphatic carbocycles. The number of halogens is 1. The van der Waals surface area contributed by atoms with Crippen LogP contribution >= 0.6 is 11.6 Å². The molecule has 0 bridgehead atoms. The molecule has 0 unspecified atom stereocenters. The first kappa shape index (κ1) is 15.2. The van der Waals surface area contributed by atoms with Crippen LogP contribution in [0.2, 0.25) is 5.02 Å². The van der Waals surface area contributed by atoms with E-state index < -0.39 is 6.10 Å². The lowest BCUT2D eigenvalue weighted by atomic mass is 10.0. The van der Waals surface area contributed by atoms with E-state index in [1.54, 1.807) is 13.3 Å². The third kappa shape index (κ3) is 3.06. The Hall–Kier alpha value is -1.69. The summed E-state index contributed by atoms with van der Waals surface area (Å²) in [4.78, 5) is 10.4. The second kappa shape index (κ2) is 6.60. The Morgan fingerprint density at radius 1 is 1.36 bits per heavy atom. The van der Waals surface area contributed by atoms with Crippen LogP contribution in [-0.4, -0.2) is 39.7 Å². The molecule has 1 aliphatic heterocycles. The molecule has 1 aromatic carbocycles. The predicted octanol–water partition coefficient (Wildman–Crippen LogP) is 2.45. The van der Waals surface area contributed by atoms with Crippen molar-refractivity contribution in [2.75, 3.05) is 13.7 Å². The van der Waals surface area contributed by atoms with Crippen LogP contribution in [0.3, 0.4) is 0 Å². The van der Waals surface area contributed by atoms with E-state index in [1.807, 2.05) is 24.3 Å². The van der Waals surface area contributed by atoms with Gasteiger partial charge in [-0.25, -0.2) is 9.97 Å². The Bertz CT molecular complexity index is 636. The molecule has 116 valence electrons. The van der Waals surface area contributed by atoms with Gasteiger partial charge in [0.15, 0.2) is 0 Å². The smallest absolute Gasteiger partial charge is 0.220 e. The van der Waals surface area contributed by atoms with E-state index in [-0.39, 0.29) is 6.04 Å². The van der Waals surface area contributed by atoms with Crippen molar-refractivity contribution in [2.45, 2.75) is 25.1 Å². The molecule has 0 saturated carbocycles. The maximum absolute atomic E-state index is 10.3. The highest BCUT2D eigenvalue weighted by molar-refractivity contribution is 6.30. The Morgan fingerprint density at radius 2 is 2.14 bits per heavy atom. The minimum absolute atomic E-state index is 0.0535. The summed E-state index contributed by atoms with van der Waals surface area (Å²) in [6.45, 7) is 1.45. The van der Waals surface area contributed by atoms with E-state index in [1.165, 1.54) is 6.33 Å². The van der Waals surface area contributed by atoms with Crippen molar-refractivity contribution in [3.63, 3.8) is 0 Å². The van der Waals surface area contributed by atoms with Gasteiger partial charge in [-0.1, -0.05) is 23.7 Å². The minimum atomic E-state index is -0.392. The number of ether oxygens (including phenoxy) is 1. The lowest BCUT2D eigenvalue weighted by Crippen LogP contribution is -2.27. The number of hydrogen-bond donors (Lipinski definition) is 1. The van der Waals surface area contributed by atoms with Crippen molar-refractivity contribution < 1.29 is 9.84 Å². The topological polar surface area (TPSA) is 58.5 Å². The van der Waals surface area contributed by atoms with Gasteiger partial charge in [-0.2, -0.15) is 0 Å². The molecular weight excluding hydrogens is 302 g/mol. The van der Waals surface area contributed by atoms with Gasteiger partial charge < -0.3 is 9.84 Å². The number of rotatable bonds is 4. The Morgan fingerprint density at radius 3 is 2.86 bits per heavy atom. The summed E-state index contributed by atoms with van der Waals surface area (Å²) in [6.07, 6.45) is 3.58. The van der Waals surface area contributed by atoms with Crippen molar-refractivity contribution in [3.8, 4) is 5.88 Å². The molecule has 2 aromatic rings. The Kier molecular flexibility index (Phi) is 4.57. The number of benzene rings is 1. The molecule has 1 fully saturated rings. The number of likely N-dealkylation sites (tertiary alicyclic amines) is 1. The first-order valence-electron chi connectivity index (χ1n) is 7.19. The number of methoxy groups -OCH3 is 1. The maximum atomic E-state index is 10.3. The molecule has 1 aromatic heterocycles. The molecule has 1 aliphatic rings. The lowest BCUT2D eigenvalue weighted by Gasteiger charge is -2.26. The highest BCUT2D eigenvalue weighted by atomic mass is 35.5.